The first-order valence-electron chi connectivity index (χ1n) is 5.28. The molecule has 2 N–H and O–H groups in total. The number of hydrogen-bond donors (Lipinski definition) is 1. The summed E-state index contributed by atoms with van der Waals surface area (Å²) in [5, 5.41) is 5.46. The smallest absolute Gasteiger partial charge is 0.445 e. The second-order valence-electron chi connectivity index (χ2n) is 4.03. The van der Waals surface area contributed by atoms with Crippen molar-refractivity contribution in [1.82, 2.24) is 10.2 Å². The van der Waals surface area contributed by atoms with Gasteiger partial charge in [0.15, 0.2) is 0 Å². The number of hydrogen-bond acceptors (Lipinski definition) is 5. The van der Waals surface area contributed by atoms with E-state index >= 15 is 0 Å². The van der Waals surface area contributed by atoms with Crippen LogP contribution in [0.25, 0.3) is 0 Å². The minimum absolute atomic E-state index is 0.0159. The van der Waals surface area contributed by atoms with Gasteiger partial charge in [-0.25, -0.2) is 0 Å². The molecule has 0 amide bonds. The second-order valence-corrected chi connectivity index (χ2v) is 4.97. The SMILES string of the molecule is NC1CCC(Oc2nnc(C(F)(F)F)s2)CC1. The summed E-state index contributed by atoms with van der Waals surface area (Å²) in [6, 6.07) is 0.176. The number of rotatable bonds is 2. The molecule has 0 atom stereocenters. The van der Waals surface area contributed by atoms with Gasteiger partial charge in [0, 0.05) is 6.04 Å². The molecule has 0 spiro atoms. The van der Waals surface area contributed by atoms with Crippen molar-refractivity contribution in [3.8, 4) is 5.19 Å². The van der Waals surface area contributed by atoms with Crippen LogP contribution in [0.1, 0.15) is 30.7 Å². The molecule has 17 heavy (non-hydrogen) atoms. The van der Waals surface area contributed by atoms with Crippen molar-refractivity contribution in [3.05, 3.63) is 5.01 Å². The van der Waals surface area contributed by atoms with Gasteiger partial charge < -0.3 is 10.5 Å². The van der Waals surface area contributed by atoms with Gasteiger partial charge in [-0.1, -0.05) is 16.4 Å². The van der Waals surface area contributed by atoms with E-state index in [1.54, 1.807) is 0 Å². The van der Waals surface area contributed by atoms with Crippen molar-refractivity contribution in [2.45, 2.75) is 44.0 Å². The zero-order valence-corrected chi connectivity index (χ0v) is 9.72. The molecule has 1 aliphatic rings. The molecule has 1 aromatic heterocycles. The van der Waals surface area contributed by atoms with Gasteiger partial charge >= 0.3 is 6.18 Å². The maximum atomic E-state index is 12.3. The number of nitrogens with zero attached hydrogens (tertiary/aromatic N) is 2. The molecule has 1 aliphatic carbocycles. The Morgan fingerprint density at radius 1 is 1.18 bits per heavy atom. The van der Waals surface area contributed by atoms with Crippen LogP contribution in [0.3, 0.4) is 0 Å². The van der Waals surface area contributed by atoms with Crippen LogP contribution in [0.15, 0.2) is 0 Å². The third kappa shape index (κ3) is 3.29. The first kappa shape index (κ1) is 12.6. The Morgan fingerprint density at radius 3 is 2.35 bits per heavy atom. The summed E-state index contributed by atoms with van der Waals surface area (Å²) in [6.45, 7) is 0. The van der Waals surface area contributed by atoms with Gasteiger partial charge in [-0.05, 0) is 25.7 Å². The minimum Gasteiger partial charge on any atom is -0.466 e. The van der Waals surface area contributed by atoms with E-state index in [1.165, 1.54) is 0 Å². The molecule has 0 radical (unpaired) electrons. The molecule has 0 unspecified atom stereocenters. The molecule has 0 aromatic carbocycles. The molecule has 0 saturated heterocycles. The molecule has 96 valence electrons. The quantitative estimate of drug-likeness (QED) is 0.892. The summed E-state index contributed by atoms with van der Waals surface area (Å²) in [6.07, 6.45) is -1.38. The summed E-state index contributed by atoms with van der Waals surface area (Å²) >= 11 is 0.434. The molecule has 4 nitrogen and oxygen atoms in total. The highest BCUT2D eigenvalue weighted by Crippen LogP contribution is 2.35. The Hall–Kier alpha value is -0.890. The Labute approximate surface area is 100.0 Å². The van der Waals surface area contributed by atoms with E-state index in [1.807, 2.05) is 0 Å². The van der Waals surface area contributed by atoms with Crippen LogP contribution in [-0.2, 0) is 6.18 Å². The summed E-state index contributed by atoms with van der Waals surface area (Å²) < 4.78 is 42.2. The summed E-state index contributed by atoms with van der Waals surface area (Å²) in [5.41, 5.74) is 5.72. The molecule has 0 aliphatic heterocycles. The molecule has 1 aromatic rings. The number of ether oxygens (including phenoxy) is 1. The monoisotopic (exact) mass is 267 g/mol. The highest BCUT2D eigenvalue weighted by Gasteiger charge is 2.36. The maximum Gasteiger partial charge on any atom is 0.445 e. The van der Waals surface area contributed by atoms with Gasteiger partial charge in [0.25, 0.3) is 5.19 Å². The zero-order chi connectivity index (χ0) is 12.5. The first-order chi connectivity index (χ1) is 7.95. The normalized spacial score (nSPS) is 25.9. The predicted molar refractivity (Wildman–Crippen MR) is 55.8 cm³/mol. The number of alkyl halides is 3. The molecule has 2 rings (SSSR count). The van der Waals surface area contributed by atoms with Gasteiger partial charge in [-0.3, -0.25) is 0 Å². The topological polar surface area (TPSA) is 61.0 Å². The lowest BCUT2D eigenvalue weighted by Crippen LogP contribution is -2.31. The molecule has 1 fully saturated rings. The average Bonchev–Trinajstić information content (AvgIpc) is 2.69. The molecule has 0 bridgehead atoms. The molecule has 1 saturated carbocycles. The average molecular weight is 267 g/mol. The van der Waals surface area contributed by atoms with Crippen LogP contribution < -0.4 is 10.5 Å². The van der Waals surface area contributed by atoms with Crippen molar-refractivity contribution in [3.63, 3.8) is 0 Å². The highest BCUT2D eigenvalue weighted by molar-refractivity contribution is 7.13. The van der Waals surface area contributed by atoms with Gasteiger partial charge in [0.05, 0.1) is 0 Å². The third-order valence-corrected chi connectivity index (χ3v) is 3.49. The van der Waals surface area contributed by atoms with Crippen molar-refractivity contribution < 1.29 is 17.9 Å². The van der Waals surface area contributed by atoms with Crippen molar-refractivity contribution in [2.75, 3.05) is 0 Å². The van der Waals surface area contributed by atoms with Crippen molar-refractivity contribution in [2.24, 2.45) is 5.73 Å². The van der Waals surface area contributed by atoms with Crippen molar-refractivity contribution in [1.29, 1.82) is 0 Å². The van der Waals surface area contributed by atoms with Crippen LogP contribution >= 0.6 is 11.3 Å². The third-order valence-electron chi connectivity index (χ3n) is 2.64. The maximum absolute atomic E-state index is 12.3. The Morgan fingerprint density at radius 2 is 1.82 bits per heavy atom. The van der Waals surface area contributed by atoms with Crippen LogP contribution in [0.5, 0.6) is 5.19 Å². The Bertz CT molecular complexity index is 374. The summed E-state index contributed by atoms with van der Waals surface area (Å²) in [5.74, 6) is 0. The number of aromatic nitrogens is 2. The summed E-state index contributed by atoms with van der Waals surface area (Å²) in [4.78, 5) is 0. The van der Waals surface area contributed by atoms with Crippen LogP contribution in [0.2, 0.25) is 0 Å². The fourth-order valence-electron chi connectivity index (χ4n) is 1.72. The Kier molecular flexibility index (Phi) is 3.53. The van der Waals surface area contributed by atoms with E-state index in [2.05, 4.69) is 10.2 Å². The van der Waals surface area contributed by atoms with Crippen molar-refractivity contribution >= 4 is 11.3 Å². The lowest BCUT2D eigenvalue weighted by Gasteiger charge is -2.25. The fraction of sp³-hybridized carbons (Fsp3) is 0.778. The molecular formula is C9H12F3N3OS. The lowest BCUT2D eigenvalue weighted by atomic mass is 9.94. The minimum atomic E-state index is -4.45. The molecule has 1 heterocycles. The van der Waals surface area contributed by atoms with E-state index in [0.717, 1.165) is 25.7 Å². The van der Waals surface area contributed by atoms with Gasteiger partial charge in [-0.2, -0.15) is 13.2 Å². The largest absolute Gasteiger partial charge is 0.466 e. The standard InChI is InChI=1S/C9H12F3N3OS/c10-9(11,12)7-14-15-8(17-7)16-6-3-1-5(13)2-4-6/h5-6H,1-4,13H2. The number of halogens is 3. The van der Waals surface area contributed by atoms with E-state index < -0.39 is 11.2 Å². The van der Waals surface area contributed by atoms with E-state index in [9.17, 15) is 13.2 Å². The highest BCUT2D eigenvalue weighted by atomic mass is 32.1. The zero-order valence-electron chi connectivity index (χ0n) is 8.91. The van der Waals surface area contributed by atoms with Gasteiger partial charge in [0.1, 0.15) is 6.10 Å². The molecule has 8 heteroatoms. The fourth-order valence-corrected chi connectivity index (χ4v) is 2.35. The summed E-state index contributed by atoms with van der Waals surface area (Å²) in [7, 11) is 0. The van der Waals surface area contributed by atoms with Crippen LogP contribution in [0.4, 0.5) is 13.2 Å². The van der Waals surface area contributed by atoms with Gasteiger partial charge in [-0.15, -0.1) is 5.10 Å². The van der Waals surface area contributed by atoms with E-state index in [-0.39, 0.29) is 17.3 Å². The Balaban J connectivity index is 1.93. The second kappa shape index (κ2) is 4.77. The van der Waals surface area contributed by atoms with E-state index in [0.29, 0.717) is 11.3 Å². The van der Waals surface area contributed by atoms with E-state index in [4.69, 9.17) is 10.5 Å². The van der Waals surface area contributed by atoms with Gasteiger partial charge in [0.2, 0.25) is 5.01 Å². The van der Waals surface area contributed by atoms with Crippen LogP contribution in [0, 0.1) is 0 Å². The van der Waals surface area contributed by atoms with Crippen LogP contribution in [-0.4, -0.2) is 22.3 Å². The first-order valence-corrected chi connectivity index (χ1v) is 6.10. The lowest BCUT2D eigenvalue weighted by molar-refractivity contribution is -0.138. The number of nitrogens with two attached hydrogens (primary N) is 1. The predicted octanol–water partition coefficient (Wildman–Crippen LogP) is 2.21. The molecular weight excluding hydrogens is 255 g/mol.